The van der Waals surface area contributed by atoms with Gasteiger partial charge in [-0.1, -0.05) is 31.2 Å². The first-order valence-corrected chi connectivity index (χ1v) is 6.09. The van der Waals surface area contributed by atoms with Gasteiger partial charge in [0.25, 0.3) is 0 Å². The van der Waals surface area contributed by atoms with Crippen LogP contribution in [0.5, 0.6) is 0 Å². The number of hydrogen-bond donors (Lipinski definition) is 1. The average Bonchev–Trinajstić information content (AvgIpc) is 2.68. The summed E-state index contributed by atoms with van der Waals surface area (Å²) in [4.78, 5) is 0. The van der Waals surface area contributed by atoms with Gasteiger partial charge in [-0.05, 0) is 49.8 Å². The molecule has 0 radical (unpaired) electrons. The van der Waals surface area contributed by atoms with E-state index in [9.17, 15) is 0 Å². The van der Waals surface area contributed by atoms with Gasteiger partial charge in [-0.25, -0.2) is 0 Å². The van der Waals surface area contributed by atoms with Crippen LogP contribution in [0.1, 0.15) is 31.4 Å². The van der Waals surface area contributed by atoms with Gasteiger partial charge in [-0.3, -0.25) is 0 Å². The van der Waals surface area contributed by atoms with Crippen LogP contribution in [0.2, 0.25) is 0 Å². The zero-order chi connectivity index (χ0) is 10.7. The fourth-order valence-electron chi connectivity index (χ4n) is 2.31. The Morgan fingerprint density at radius 1 is 1.27 bits per heavy atom. The lowest BCUT2D eigenvalue weighted by atomic mass is 10.1. The molecule has 2 rings (SSSR count). The molecule has 1 unspecified atom stereocenters. The second-order valence-corrected chi connectivity index (χ2v) is 4.76. The van der Waals surface area contributed by atoms with Gasteiger partial charge in [0.1, 0.15) is 0 Å². The average molecular weight is 203 g/mol. The molecule has 0 aromatic heterocycles. The largest absolute Gasteiger partial charge is 0.314 e. The monoisotopic (exact) mass is 203 g/mol. The third-order valence-electron chi connectivity index (χ3n) is 3.50. The van der Waals surface area contributed by atoms with E-state index in [0.717, 1.165) is 5.92 Å². The van der Waals surface area contributed by atoms with Gasteiger partial charge in [0.05, 0.1) is 0 Å². The molecule has 1 heteroatoms. The zero-order valence-electron chi connectivity index (χ0n) is 9.79. The molecule has 1 nitrogen and oxygen atoms in total. The Hall–Kier alpha value is -0.820. The summed E-state index contributed by atoms with van der Waals surface area (Å²) in [6.07, 6.45) is 3.75. The molecule has 1 aliphatic rings. The van der Waals surface area contributed by atoms with Crippen LogP contribution < -0.4 is 5.32 Å². The second-order valence-electron chi connectivity index (χ2n) is 4.76. The molecule has 0 heterocycles. The van der Waals surface area contributed by atoms with Crippen molar-refractivity contribution in [2.24, 2.45) is 5.92 Å². The minimum Gasteiger partial charge on any atom is -0.314 e. The van der Waals surface area contributed by atoms with Crippen molar-refractivity contribution in [3.63, 3.8) is 0 Å². The highest BCUT2D eigenvalue weighted by molar-refractivity contribution is 5.32. The van der Waals surface area contributed by atoms with Gasteiger partial charge in [0.15, 0.2) is 0 Å². The third kappa shape index (κ3) is 2.60. The Bertz CT molecular complexity index is 294. The highest BCUT2D eigenvalue weighted by atomic mass is 14.9. The molecule has 15 heavy (non-hydrogen) atoms. The summed E-state index contributed by atoms with van der Waals surface area (Å²) in [6, 6.07) is 9.53. The summed E-state index contributed by atoms with van der Waals surface area (Å²) in [5.41, 5.74) is 3.13. The highest BCUT2D eigenvalue weighted by Crippen LogP contribution is 2.25. The molecule has 0 bridgehead atoms. The summed E-state index contributed by atoms with van der Waals surface area (Å²) in [5.74, 6) is 0.816. The summed E-state index contributed by atoms with van der Waals surface area (Å²) < 4.78 is 0. The van der Waals surface area contributed by atoms with E-state index in [1.165, 1.54) is 25.8 Å². The number of hydrogen-bond acceptors (Lipinski definition) is 1. The number of rotatable bonds is 4. The molecule has 1 aromatic rings. The van der Waals surface area contributed by atoms with Crippen molar-refractivity contribution in [2.75, 3.05) is 6.54 Å². The summed E-state index contributed by atoms with van der Waals surface area (Å²) in [7, 11) is 0. The summed E-state index contributed by atoms with van der Waals surface area (Å²) in [5, 5.41) is 3.61. The lowest BCUT2D eigenvalue weighted by Crippen LogP contribution is -2.30. The standard InChI is InChI=1S/C14H21N/c1-3-11(2)15-10-12-8-13-6-4-5-7-14(13)9-12/h4-7,11-12,15H,3,8-10H2,1-2H3. The molecule has 0 spiro atoms. The SMILES string of the molecule is CCC(C)NCC1Cc2ccccc2C1. The lowest BCUT2D eigenvalue weighted by molar-refractivity contribution is 0.444. The molecule has 0 amide bonds. The Kier molecular flexibility index (Phi) is 3.42. The first kappa shape index (κ1) is 10.7. The van der Waals surface area contributed by atoms with Crippen molar-refractivity contribution >= 4 is 0 Å². The van der Waals surface area contributed by atoms with Crippen LogP contribution in [0.15, 0.2) is 24.3 Å². The topological polar surface area (TPSA) is 12.0 Å². The fraction of sp³-hybridized carbons (Fsp3) is 0.571. The van der Waals surface area contributed by atoms with Crippen molar-refractivity contribution in [1.82, 2.24) is 5.32 Å². The maximum absolute atomic E-state index is 3.61. The molecule has 1 atom stereocenters. The lowest BCUT2D eigenvalue weighted by Gasteiger charge is -2.15. The van der Waals surface area contributed by atoms with Crippen LogP contribution in [0.25, 0.3) is 0 Å². The normalized spacial score (nSPS) is 17.7. The fourth-order valence-corrected chi connectivity index (χ4v) is 2.31. The van der Waals surface area contributed by atoms with Gasteiger partial charge in [0.2, 0.25) is 0 Å². The third-order valence-corrected chi connectivity index (χ3v) is 3.50. The minimum absolute atomic E-state index is 0.661. The number of benzene rings is 1. The Balaban J connectivity index is 1.85. The van der Waals surface area contributed by atoms with Crippen LogP contribution in [0, 0.1) is 5.92 Å². The van der Waals surface area contributed by atoms with Crippen molar-refractivity contribution in [2.45, 2.75) is 39.2 Å². The van der Waals surface area contributed by atoms with E-state index in [1.54, 1.807) is 11.1 Å². The molecule has 0 saturated heterocycles. The zero-order valence-corrected chi connectivity index (χ0v) is 9.79. The minimum atomic E-state index is 0.661. The van der Waals surface area contributed by atoms with Crippen LogP contribution >= 0.6 is 0 Å². The van der Waals surface area contributed by atoms with E-state index < -0.39 is 0 Å². The molecular weight excluding hydrogens is 182 g/mol. The summed E-state index contributed by atoms with van der Waals surface area (Å²) >= 11 is 0. The molecule has 0 aliphatic heterocycles. The number of nitrogens with one attached hydrogen (secondary N) is 1. The van der Waals surface area contributed by atoms with Crippen molar-refractivity contribution in [3.05, 3.63) is 35.4 Å². The van der Waals surface area contributed by atoms with Crippen molar-refractivity contribution < 1.29 is 0 Å². The first-order chi connectivity index (χ1) is 7.29. The van der Waals surface area contributed by atoms with E-state index in [4.69, 9.17) is 0 Å². The molecular formula is C14H21N. The maximum atomic E-state index is 3.61. The van der Waals surface area contributed by atoms with Gasteiger partial charge in [-0.15, -0.1) is 0 Å². The van der Waals surface area contributed by atoms with E-state index in [2.05, 4.69) is 43.4 Å². The highest BCUT2D eigenvalue weighted by Gasteiger charge is 2.20. The van der Waals surface area contributed by atoms with Crippen LogP contribution in [-0.4, -0.2) is 12.6 Å². The van der Waals surface area contributed by atoms with E-state index >= 15 is 0 Å². The van der Waals surface area contributed by atoms with Crippen LogP contribution in [-0.2, 0) is 12.8 Å². The second kappa shape index (κ2) is 4.80. The van der Waals surface area contributed by atoms with Crippen molar-refractivity contribution in [1.29, 1.82) is 0 Å². The number of fused-ring (bicyclic) bond motifs is 1. The first-order valence-electron chi connectivity index (χ1n) is 6.09. The molecule has 1 N–H and O–H groups in total. The molecule has 82 valence electrons. The van der Waals surface area contributed by atoms with Crippen LogP contribution in [0.4, 0.5) is 0 Å². The molecule has 0 saturated carbocycles. The van der Waals surface area contributed by atoms with Crippen molar-refractivity contribution in [3.8, 4) is 0 Å². The molecule has 1 aromatic carbocycles. The Labute approximate surface area is 92.9 Å². The predicted molar refractivity (Wildman–Crippen MR) is 65.1 cm³/mol. The molecule has 0 fully saturated rings. The van der Waals surface area contributed by atoms with E-state index in [-0.39, 0.29) is 0 Å². The van der Waals surface area contributed by atoms with E-state index in [0.29, 0.717) is 6.04 Å². The molecule has 1 aliphatic carbocycles. The Morgan fingerprint density at radius 3 is 2.40 bits per heavy atom. The maximum Gasteiger partial charge on any atom is 0.00362 e. The van der Waals surface area contributed by atoms with Gasteiger partial charge in [-0.2, -0.15) is 0 Å². The van der Waals surface area contributed by atoms with Gasteiger partial charge >= 0.3 is 0 Å². The Morgan fingerprint density at radius 2 is 1.87 bits per heavy atom. The van der Waals surface area contributed by atoms with Gasteiger partial charge < -0.3 is 5.32 Å². The van der Waals surface area contributed by atoms with E-state index in [1.807, 2.05) is 0 Å². The van der Waals surface area contributed by atoms with Gasteiger partial charge in [0, 0.05) is 6.04 Å². The smallest absolute Gasteiger partial charge is 0.00362 e. The van der Waals surface area contributed by atoms with Crippen LogP contribution in [0.3, 0.4) is 0 Å². The predicted octanol–water partition coefficient (Wildman–Crippen LogP) is 2.79. The quantitative estimate of drug-likeness (QED) is 0.793. The summed E-state index contributed by atoms with van der Waals surface area (Å²) in [6.45, 7) is 5.67.